The summed E-state index contributed by atoms with van der Waals surface area (Å²) in [6, 6.07) is 8.28. The summed E-state index contributed by atoms with van der Waals surface area (Å²) in [4.78, 5) is 22.6. The predicted molar refractivity (Wildman–Crippen MR) is 111 cm³/mol. The Hall–Kier alpha value is -1.89. The molecule has 0 fully saturated rings. The van der Waals surface area contributed by atoms with Crippen LogP contribution in [0.4, 0.5) is 0 Å². The number of nitrogens with one attached hydrogen (secondary N) is 1. The van der Waals surface area contributed by atoms with Crippen molar-refractivity contribution in [3.8, 4) is 5.75 Å². The van der Waals surface area contributed by atoms with Gasteiger partial charge in [0.05, 0.1) is 5.25 Å². The number of benzene rings is 1. The molecule has 0 saturated heterocycles. The first-order chi connectivity index (χ1) is 13.5. The molecular formula is C21H33NO5S. The van der Waals surface area contributed by atoms with Gasteiger partial charge >= 0.3 is 10.1 Å². The molecule has 1 atom stereocenters. The lowest BCUT2D eigenvalue weighted by molar-refractivity contribution is -0.121. The van der Waals surface area contributed by atoms with E-state index < -0.39 is 15.4 Å². The number of hydrogen-bond donors (Lipinski definition) is 1. The van der Waals surface area contributed by atoms with Crippen molar-refractivity contribution in [2.45, 2.75) is 76.4 Å². The SMILES string of the molecule is CCCCCCCCC(=O)NCCC(CCC=O)S(=O)(=O)Oc1ccccc1. The molecule has 28 heavy (non-hydrogen) atoms. The average Bonchev–Trinajstić information content (AvgIpc) is 2.67. The van der Waals surface area contributed by atoms with E-state index in [2.05, 4.69) is 12.2 Å². The molecule has 0 bridgehead atoms. The second-order valence-electron chi connectivity index (χ2n) is 6.91. The third-order valence-electron chi connectivity index (χ3n) is 4.52. The second-order valence-corrected chi connectivity index (χ2v) is 8.73. The van der Waals surface area contributed by atoms with Gasteiger partial charge in [0.2, 0.25) is 5.91 Å². The Morgan fingerprint density at radius 2 is 1.75 bits per heavy atom. The number of amides is 1. The summed E-state index contributed by atoms with van der Waals surface area (Å²) in [6.07, 6.45) is 8.33. The molecule has 0 saturated carbocycles. The van der Waals surface area contributed by atoms with Gasteiger partial charge in [0.15, 0.2) is 0 Å². The lowest BCUT2D eigenvalue weighted by Gasteiger charge is -2.17. The summed E-state index contributed by atoms with van der Waals surface area (Å²) >= 11 is 0. The lowest BCUT2D eigenvalue weighted by Crippen LogP contribution is -2.32. The fourth-order valence-corrected chi connectivity index (χ4v) is 4.24. The Balaban J connectivity index is 2.42. The van der Waals surface area contributed by atoms with Crippen molar-refractivity contribution in [1.82, 2.24) is 5.32 Å². The van der Waals surface area contributed by atoms with Crippen molar-refractivity contribution in [2.24, 2.45) is 0 Å². The summed E-state index contributed by atoms with van der Waals surface area (Å²) in [6.45, 7) is 2.41. The first-order valence-corrected chi connectivity index (χ1v) is 11.7. The number of unbranched alkanes of at least 4 members (excludes halogenated alkanes) is 5. The number of carbonyl (C=O) groups excluding carboxylic acids is 2. The van der Waals surface area contributed by atoms with Crippen LogP contribution in [0, 0.1) is 0 Å². The van der Waals surface area contributed by atoms with Crippen LogP contribution >= 0.6 is 0 Å². The maximum Gasteiger partial charge on any atom is 0.312 e. The van der Waals surface area contributed by atoms with E-state index >= 15 is 0 Å². The molecule has 6 nitrogen and oxygen atoms in total. The highest BCUT2D eigenvalue weighted by atomic mass is 32.2. The third-order valence-corrected chi connectivity index (χ3v) is 6.23. The summed E-state index contributed by atoms with van der Waals surface area (Å²) in [5.41, 5.74) is 0. The van der Waals surface area contributed by atoms with Crippen molar-refractivity contribution in [2.75, 3.05) is 6.54 Å². The molecule has 1 N–H and O–H groups in total. The van der Waals surface area contributed by atoms with E-state index in [1.807, 2.05) is 0 Å². The van der Waals surface area contributed by atoms with Gasteiger partial charge in [-0.2, -0.15) is 8.42 Å². The number of hydrogen-bond acceptors (Lipinski definition) is 5. The number of rotatable bonds is 16. The Morgan fingerprint density at radius 3 is 2.43 bits per heavy atom. The number of para-hydroxylation sites is 1. The third kappa shape index (κ3) is 10.4. The zero-order valence-electron chi connectivity index (χ0n) is 16.8. The Labute approximate surface area is 169 Å². The van der Waals surface area contributed by atoms with Crippen LogP contribution in [0.25, 0.3) is 0 Å². The van der Waals surface area contributed by atoms with E-state index in [1.54, 1.807) is 30.3 Å². The van der Waals surface area contributed by atoms with E-state index in [0.29, 0.717) is 12.7 Å². The largest absolute Gasteiger partial charge is 0.382 e. The van der Waals surface area contributed by atoms with Crippen LogP contribution in [0.1, 0.15) is 71.1 Å². The molecule has 0 heterocycles. The van der Waals surface area contributed by atoms with Crippen LogP contribution in [0.2, 0.25) is 0 Å². The number of aldehydes is 1. The molecule has 1 amide bonds. The topological polar surface area (TPSA) is 89.5 Å². The maximum atomic E-state index is 12.5. The summed E-state index contributed by atoms with van der Waals surface area (Å²) in [5, 5.41) is 1.94. The first kappa shape index (κ1) is 24.1. The zero-order chi connectivity index (χ0) is 20.7. The summed E-state index contributed by atoms with van der Waals surface area (Å²) < 4.78 is 30.2. The normalized spacial score (nSPS) is 12.3. The van der Waals surface area contributed by atoms with Gasteiger partial charge in [-0.25, -0.2) is 0 Å². The van der Waals surface area contributed by atoms with E-state index in [4.69, 9.17) is 4.18 Å². The molecule has 158 valence electrons. The molecule has 0 aliphatic heterocycles. The van der Waals surface area contributed by atoms with Crippen LogP contribution in [0.15, 0.2) is 30.3 Å². The molecule has 0 radical (unpaired) electrons. The highest BCUT2D eigenvalue weighted by Gasteiger charge is 2.27. The van der Waals surface area contributed by atoms with Crippen molar-refractivity contribution in [3.63, 3.8) is 0 Å². The van der Waals surface area contributed by atoms with E-state index in [1.165, 1.54) is 19.3 Å². The Bertz CT molecular complexity index is 661. The van der Waals surface area contributed by atoms with Crippen LogP contribution < -0.4 is 9.50 Å². The zero-order valence-corrected chi connectivity index (χ0v) is 17.6. The van der Waals surface area contributed by atoms with Crippen molar-refractivity contribution in [3.05, 3.63) is 30.3 Å². The standard InChI is InChI=1S/C21H33NO5S/c1-2-3-4-5-6-10-15-21(24)22-17-16-20(14-11-18-23)28(25,26)27-19-12-8-7-9-13-19/h7-9,12-13,18,20H,2-6,10-11,14-17H2,1H3,(H,22,24). The molecule has 1 aromatic carbocycles. The second kappa shape index (κ2) is 14.2. The highest BCUT2D eigenvalue weighted by Crippen LogP contribution is 2.19. The summed E-state index contributed by atoms with van der Waals surface area (Å²) in [5.74, 6) is 0.178. The van der Waals surface area contributed by atoms with Gasteiger partial charge in [-0.05, 0) is 31.4 Å². The smallest absolute Gasteiger partial charge is 0.312 e. The van der Waals surface area contributed by atoms with E-state index in [-0.39, 0.29) is 37.5 Å². The predicted octanol–water partition coefficient (Wildman–Crippen LogP) is 4.00. The van der Waals surface area contributed by atoms with E-state index in [9.17, 15) is 18.0 Å². The number of carbonyl (C=O) groups is 2. The van der Waals surface area contributed by atoms with Crippen molar-refractivity contribution >= 4 is 22.3 Å². The molecule has 1 unspecified atom stereocenters. The van der Waals surface area contributed by atoms with Crippen LogP contribution in [-0.2, 0) is 19.7 Å². The van der Waals surface area contributed by atoms with Gasteiger partial charge in [-0.15, -0.1) is 0 Å². The van der Waals surface area contributed by atoms with E-state index in [0.717, 1.165) is 19.3 Å². The van der Waals surface area contributed by atoms with Gasteiger partial charge in [0.25, 0.3) is 0 Å². The highest BCUT2D eigenvalue weighted by molar-refractivity contribution is 7.87. The first-order valence-electron chi connectivity index (χ1n) is 10.2. The molecule has 1 rings (SSSR count). The molecule has 0 aliphatic rings. The minimum absolute atomic E-state index is 0.0639. The molecule has 0 spiro atoms. The van der Waals surface area contributed by atoms with Gasteiger partial charge in [-0.3, -0.25) is 4.79 Å². The van der Waals surface area contributed by atoms with Gasteiger partial charge in [0, 0.05) is 19.4 Å². The monoisotopic (exact) mass is 411 g/mol. The van der Waals surface area contributed by atoms with Gasteiger partial charge in [-0.1, -0.05) is 57.2 Å². The molecule has 7 heteroatoms. The van der Waals surface area contributed by atoms with Crippen molar-refractivity contribution in [1.29, 1.82) is 0 Å². The molecule has 0 aliphatic carbocycles. The fourth-order valence-electron chi connectivity index (χ4n) is 2.89. The van der Waals surface area contributed by atoms with Crippen LogP contribution in [-0.4, -0.2) is 32.4 Å². The molecule has 1 aromatic rings. The van der Waals surface area contributed by atoms with Crippen LogP contribution in [0.5, 0.6) is 5.75 Å². The van der Waals surface area contributed by atoms with Gasteiger partial charge in [0.1, 0.15) is 12.0 Å². The molecule has 0 aromatic heterocycles. The average molecular weight is 412 g/mol. The molecular weight excluding hydrogens is 378 g/mol. The minimum Gasteiger partial charge on any atom is -0.382 e. The Morgan fingerprint density at radius 1 is 1.07 bits per heavy atom. The lowest BCUT2D eigenvalue weighted by atomic mass is 10.1. The Kier molecular flexibility index (Phi) is 12.2. The van der Waals surface area contributed by atoms with Gasteiger partial charge < -0.3 is 14.3 Å². The van der Waals surface area contributed by atoms with Crippen molar-refractivity contribution < 1.29 is 22.2 Å². The minimum atomic E-state index is -3.89. The fraction of sp³-hybridized carbons (Fsp3) is 0.619. The maximum absolute atomic E-state index is 12.5. The quantitative estimate of drug-likeness (QED) is 0.252. The summed E-state index contributed by atoms with van der Waals surface area (Å²) in [7, 11) is -3.89. The van der Waals surface area contributed by atoms with Crippen LogP contribution in [0.3, 0.4) is 0 Å².